The van der Waals surface area contributed by atoms with Crippen LogP contribution in [0.15, 0.2) is 97.1 Å². The van der Waals surface area contributed by atoms with Crippen molar-refractivity contribution >= 4 is 64.1 Å². The number of carbonyl (C=O) groups is 4. The molecule has 9 heteroatoms. The van der Waals surface area contributed by atoms with Crippen LogP contribution < -0.4 is 4.90 Å². The van der Waals surface area contributed by atoms with E-state index in [1.54, 1.807) is 24.3 Å². The van der Waals surface area contributed by atoms with Crippen molar-refractivity contribution < 1.29 is 23.9 Å². The molecule has 2 amide bonds. The van der Waals surface area contributed by atoms with Crippen LogP contribution in [0.5, 0.6) is 0 Å². The lowest BCUT2D eigenvalue weighted by molar-refractivity contribution is -0.122. The highest BCUT2D eigenvalue weighted by molar-refractivity contribution is 6.38. The van der Waals surface area contributed by atoms with Crippen molar-refractivity contribution in [3.05, 3.63) is 135 Å². The van der Waals surface area contributed by atoms with E-state index in [9.17, 15) is 19.2 Å². The van der Waals surface area contributed by atoms with Crippen molar-refractivity contribution in [1.82, 2.24) is 0 Å². The minimum absolute atomic E-state index is 0.154. The van der Waals surface area contributed by atoms with Gasteiger partial charge in [-0.1, -0.05) is 60.1 Å². The first-order valence-corrected chi connectivity index (χ1v) is 14.3. The summed E-state index contributed by atoms with van der Waals surface area (Å²) in [6.07, 6.45) is 0. The van der Waals surface area contributed by atoms with E-state index >= 15 is 0 Å². The zero-order chi connectivity index (χ0) is 29.4. The third-order valence-electron chi connectivity index (χ3n) is 8.45. The number of benzene rings is 4. The molecular weight excluding hydrogens is 597 g/mol. The minimum atomic E-state index is -1.28. The molecule has 0 saturated carbocycles. The first kappa shape index (κ1) is 26.9. The van der Waals surface area contributed by atoms with Gasteiger partial charge in [0.05, 0.1) is 23.1 Å². The molecule has 0 radical (unpaired) electrons. The second-order valence-corrected chi connectivity index (χ2v) is 12.2. The molecule has 1 saturated heterocycles. The minimum Gasteiger partial charge on any atom is -0.454 e. The predicted molar refractivity (Wildman–Crippen MR) is 158 cm³/mol. The van der Waals surface area contributed by atoms with Crippen LogP contribution in [0.3, 0.4) is 0 Å². The summed E-state index contributed by atoms with van der Waals surface area (Å²) in [6.45, 7) is -0.453. The fraction of sp³-hybridized carbons (Fsp3) is 0.152. The second kappa shape index (κ2) is 9.53. The number of rotatable bonds is 5. The van der Waals surface area contributed by atoms with Crippen LogP contribution in [-0.2, 0) is 24.1 Å². The number of Topliss-reactive ketones (excluding diaryl/α,β-unsaturated/α-hetero) is 1. The zero-order valence-electron chi connectivity index (χ0n) is 21.7. The van der Waals surface area contributed by atoms with Crippen molar-refractivity contribution in [2.45, 2.75) is 9.75 Å². The molecule has 0 spiro atoms. The summed E-state index contributed by atoms with van der Waals surface area (Å²) in [6, 6.07) is 27.0. The number of carbonyl (C=O) groups excluding carboxylic acids is 4. The molecule has 0 unspecified atom stereocenters. The second-order valence-electron chi connectivity index (χ2n) is 10.5. The van der Waals surface area contributed by atoms with Gasteiger partial charge in [-0.3, -0.25) is 14.4 Å². The van der Waals surface area contributed by atoms with Crippen molar-refractivity contribution in [3.63, 3.8) is 0 Å². The Hall–Kier alpha value is -3.97. The normalized spacial score (nSPS) is 25.1. The molecule has 8 rings (SSSR count). The van der Waals surface area contributed by atoms with Crippen molar-refractivity contribution in [2.24, 2.45) is 11.8 Å². The summed E-state index contributed by atoms with van der Waals surface area (Å²) in [5.74, 6) is -3.89. The molecule has 4 aliphatic rings. The third kappa shape index (κ3) is 3.59. The Balaban J connectivity index is 1.18. The third-order valence-corrected chi connectivity index (χ3v) is 9.98. The number of hydrogen-bond acceptors (Lipinski definition) is 5. The van der Waals surface area contributed by atoms with Crippen LogP contribution in [0.25, 0.3) is 0 Å². The van der Waals surface area contributed by atoms with E-state index in [0.717, 1.165) is 27.2 Å². The Morgan fingerprint density at radius 2 is 1.10 bits per heavy atom. The fourth-order valence-electron chi connectivity index (χ4n) is 6.60. The van der Waals surface area contributed by atoms with E-state index < -0.39 is 46.0 Å². The van der Waals surface area contributed by atoms with Crippen LogP contribution in [0.1, 0.15) is 43.0 Å². The summed E-state index contributed by atoms with van der Waals surface area (Å²) >= 11 is 20.8. The van der Waals surface area contributed by atoms with E-state index in [4.69, 9.17) is 39.5 Å². The Morgan fingerprint density at radius 3 is 1.55 bits per heavy atom. The van der Waals surface area contributed by atoms with E-state index in [0.29, 0.717) is 10.6 Å². The van der Waals surface area contributed by atoms with Gasteiger partial charge in [-0.25, -0.2) is 9.69 Å². The number of nitrogens with zero attached hydrogens (tertiary/aromatic N) is 1. The summed E-state index contributed by atoms with van der Waals surface area (Å²) < 4.78 is 5.19. The molecule has 2 bridgehead atoms. The first-order valence-electron chi connectivity index (χ1n) is 13.2. The van der Waals surface area contributed by atoms with Gasteiger partial charge in [0.2, 0.25) is 11.8 Å². The van der Waals surface area contributed by atoms with Crippen LogP contribution in [-0.4, -0.2) is 30.2 Å². The summed E-state index contributed by atoms with van der Waals surface area (Å²) in [7, 11) is 0. The monoisotopic (exact) mass is 615 g/mol. The highest BCUT2D eigenvalue weighted by atomic mass is 35.5. The molecule has 1 fully saturated rings. The lowest BCUT2D eigenvalue weighted by Crippen LogP contribution is -2.57. The maximum absolute atomic E-state index is 14.1. The zero-order valence-corrected chi connectivity index (χ0v) is 24.0. The molecule has 4 aromatic rings. The predicted octanol–water partition coefficient (Wildman–Crippen LogP) is 6.48. The van der Waals surface area contributed by atoms with E-state index in [-0.39, 0.29) is 17.0 Å². The molecule has 4 aromatic carbocycles. The number of ether oxygens (including phenoxy) is 1. The summed E-state index contributed by atoms with van der Waals surface area (Å²) in [5.41, 5.74) is 3.67. The number of halogens is 3. The van der Waals surface area contributed by atoms with Crippen molar-refractivity contribution in [2.75, 3.05) is 11.5 Å². The Kier molecular flexibility index (Phi) is 6.10. The molecule has 0 aromatic heterocycles. The number of hydrogen-bond donors (Lipinski definition) is 0. The lowest BCUT2D eigenvalue weighted by atomic mass is 9.54. The van der Waals surface area contributed by atoms with Gasteiger partial charge >= 0.3 is 5.97 Å². The van der Waals surface area contributed by atoms with Crippen LogP contribution in [0, 0.1) is 11.8 Å². The van der Waals surface area contributed by atoms with Crippen LogP contribution >= 0.6 is 34.8 Å². The van der Waals surface area contributed by atoms with Gasteiger partial charge in [-0.2, -0.15) is 0 Å². The molecule has 208 valence electrons. The number of anilines is 1. The fourth-order valence-corrected chi connectivity index (χ4v) is 7.83. The van der Waals surface area contributed by atoms with Gasteiger partial charge in [-0.05, 0) is 70.8 Å². The molecule has 1 aliphatic heterocycles. The van der Waals surface area contributed by atoms with Gasteiger partial charge in [0.15, 0.2) is 12.4 Å². The first-order chi connectivity index (χ1) is 20.2. The van der Waals surface area contributed by atoms with Crippen LogP contribution in [0.2, 0.25) is 5.02 Å². The molecule has 1 heterocycles. The van der Waals surface area contributed by atoms with Gasteiger partial charge in [-0.15, -0.1) is 23.2 Å². The number of ketones is 1. The summed E-state index contributed by atoms with van der Waals surface area (Å²) in [4.78, 5) is 51.7. The molecule has 3 aliphatic carbocycles. The molecule has 0 N–H and O–H groups in total. The van der Waals surface area contributed by atoms with E-state index in [2.05, 4.69) is 0 Å². The van der Waals surface area contributed by atoms with Gasteiger partial charge in [0.1, 0.15) is 9.75 Å². The smallest absolute Gasteiger partial charge is 0.338 e. The standard InChI is InChI=1S/C33H20Cl3NO5/c34-20-13-9-18(10-14-20)26(38)17-42-31(41)19-11-15-21(16-12-19)37-29(39)27-28(30(37)40)33(36)23-6-2-1-5-22(23)32(27,35)24-7-3-4-8-25(24)33/h1-16,27-28H,17H2/t27-,28+,32?,33?. The van der Waals surface area contributed by atoms with Gasteiger partial charge in [0.25, 0.3) is 0 Å². The summed E-state index contributed by atoms with van der Waals surface area (Å²) in [5, 5.41) is 0.488. The van der Waals surface area contributed by atoms with E-state index in [1.165, 1.54) is 24.3 Å². The Bertz CT molecular complexity index is 1700. The molecule has 6 nitrogen and oxygen atoms in total. The molecule has 2 atom stereocenters. The number of alkyl halides is 2. The number of esters is 1. The van der Waals surface area contributed by atoms with Crippen molar-refractivity contribution in [3.8, 4) is 0 Å². The molecule has 42 heavy (non-hydrogen) atoms. The largest absolute Gasteiger partial charge is 0.454 e. The topological polar surface area (TPSA) is 80.8 Å². The Morgan fingerprint density at radius 1 is 0.667 bits per heavy atom. The SMILES string of the molecule is O=C(COC(=O)c1ccc(N2C(=O)[C@@H]3[C@H](C2=O)C2(Cl)c4ccccc4C3(Cl)c3ccccc32)cc1)c1ccc(Cl)cc1. The number of amides is 2. The van der Waals surface area contributed by atoms with Crippen LogP contribution in [0.4, 0.5) is 5.69 Å². The van der Waals surface area contributed by atoms with Gasteiger partial charge in [0, 0.05) is 10.6 Å². The maximum atomic E-state index is 14.1. The van der Waals surface area contributed by atoms with Gasteiger partial charge < -0.3 is 4.74 Å². The lowest BCUT2D eigenvalue weighted by Gasteiger charge is -2.54. The highest BCUT2D eigenvalue weighted by Crippen LogP contribution is 2.69. The quantitative estimate of drug-likeness (QED) is 0.111. The highest BCUT2D eigenvalue weighted by Gasteiger charge is 2.73. The number of imide groups is 1. The van der Waals surface area contributed by atoms with Crippen molar-refractivity contribution in [1.29, 1.82) is 0 Å². The Labute approximate surface area is 255 Å². The molecular formula is C33H20Cl3NO5. The van der Waals surface area contributed by atoms with E-state index in [1.807, 2.05) is 48.5 Å². The maximum Gasteiger partial charge on any atom is 0.338 e. The average Bonchev–Trinajstić information content (AvgIpc) is 3.29. The average molecular weight is 617 g/mol.